The predicted octanol–water partition coefficient (Wildman–Crippen LogP) is 0.174. The summed E-state index contributed by atoms with van der Waals surface area (Å²) in [5.41, 5.74) is 0.907. The number of thioether (sulfide) groups is 1. The first-order valence-corrected chi connectivity index (χ1v) is 7.88. The van der Waals surface area contributed by atoms with Crippen LogP contribution in [0.3, 0.4) is 0 Å². The van der Waals surface area contributed by atoms with Gasteiger partial charge in [0.05, 0.1) is 12.3 Å². The van der Waals surface area contributed by atoms with E-state index in [4.69, 9.17) is 0 Å². The van der Waals surface area contributed by atoms with Crippen LogP contribution in [0.15, 0.2) is 29.7 Å². The highest BCUT2D eigenvalue weighted by Crippen LogP contribution is 2.22. The highest BCUT2D eigenvalue weighted by molar-refractivity contribution is 7.99. The van der Waals surface area contributed by atoms with E-state index in [0.717, 1.165) is 5.56 Å². The fraction of sp³-hybridized carbons (Fsp3) is 0.357. The van der Waals surface area contributed by atoms with Crippen LogP contribution < -0.4 is 5.32 Å². The minimum absolute atomic E-state index is 0.0387. The van der Waals surface area contributed by atoms with Crippen molar-refractivity contribution in [3.05, 3.63) is 24.5 Å². The number of pyridine rings is 1. The average molecular weight is 334 g/mol. The van der Waals surface area contributed by atoms with Gasteiger partial charge in [0.25, 0.3) is 0 Å². The molecule has 2 amide bonds. The first-order chi connectivity index (χ1) is 11.0. The summed E-state index contributed by atoms with van der Waals surface area (Å²) in [6, 6.07) is 3.70. The average Bonchev–Trinajstić information content (AvgIpc) is 2.94. The molecule has 9 heteroatoms. The van der Waals surface area contributed by atoms with Crippen LogP contribution >= 0.6 is 11.8 Å². The Balaban J connectivity index is 1.98. The van der Waals surface area contributed by atoms with Crippen molar-refractivity contribution in [3.63, 3.8) is 0 Å². The van der Waals surface area contributed by atoms with Crippen molar-refractivity contribution in [1.82, 2.24) is 30.0 Å². The molecule has 0 aliphatic rings. The maximum absolute atomic E-state index is 12.0. The number of nitrogens with one attached hydrogen (secondary N) is 1. The summed E-state index contributed by atoms with van der Waals surface area (Å²) in [7, 11) is 4.98. The van der Waals surface area contributed by atoms with Crippen LogP contribution in [-0.4, -0.2) is 62.9 Å². The molecule has 23 heavy (non-hydrogen) atoms. The summed E-state index contributed by atoms with van der Waals surface area (Å²) < 4.78 is 1.83. The fourth-order valence-corrected chi connectivity index (χ4v) is 2.66. The molecule has 0 atom stereocenters. The summed E-state index contributed by atoms with van der Waals surface area (Å²) in [6.07, 6.45) is 3.38. The molecule has 1 N–H and O–H groups in total. The van der Waals surface area contributed by atoms with Gasteiger partial charge in [-0.2, -0.15) is 0 Å². The molecule has 0 unspecified atom stereocenters. The quantitative estimate of drug-likeness (QED) is 0.757. The van der Waals surface area contributed by atoms with E-state index in [0.29, 0.717) is 11.0 Å². The zero-order chi connectivity index (χ0) is 16.8. The van der Waals surface area contributed by atoms with E-state index in [1.807, 2.05) is 23.7 Å². The van der Waals surface area contributed by atoms with Crippen LogP contribution in [0.2, 0.25) is 0 Å². The van der Waals surface area contributed by atoms with Gasteiger partial charge in [-0.1, -0.05) is 11.8 Å². The van der Waals surface area contributed by atoms with Crippen LogP contribution in [0.4, 0.5) is 0 Å². The lowest BCUT2D eigenvalue weighted by atomic mass is 10.2. The molecule has 8 nitrogen and oxygen atoms in total. The molecule has 0 saturated carbocycles. The van der Waals surface area contributed by atoms with Crippen molar-refractivity contribution in [2.45, 2.75) is 5.16 Å². The minimum Gasteiger partial charge on any atom is -0.358 e. The Labute approximate surface area is 138 Å². The van der Waals surface area contributed by atoms with Crippen molar-refractivity contribution >= 4 is 23.6 Å². The highest BCUT2D eigenvalue weighted by atomic mass is 32.2. The third-order valence-corrected chi connectivity index (χ3v) is 4.19. The van der Waals surface area contributed by atoms with Gasteiger partial charge in [-0.15, -0.1) is 10.2 Å². The van der Waals surface area contributed by atoms with Crippen LogP contribution in [0.25, 0.3) is 11.4 Å². The van der Waals surface area contributed by atoms with Crippen molar-refractivity contribution in [2.24, 2.45) is 7.05 Å². The van der Waals surface area contributed by atoms with Gasteiger partial charge in [-0.3, -0.25) is 14.6 Å². The fourth-order valence-electron chi connectivity index (χ4n) is 1.81. The molecule has 2 rings (SSSR count). The predicted molar refractivity (Wildman–Crippen MR) is 86.7 cm³/mol. The molecule has 2 aromatic rings. The van der Waals surface area contributed by atoms with Gasteiger partial charge in [-0.05, 0) is 12.1 Å². The molecule has 0 aromatic carbocycles. The maximum atomic E-state index is 12.0. The lowest BCUT2D eigenvalue weighted by molar-refractivity contribution is -0.132. The smallest absolute Gasteiger partial charge is 0.239 e. The Morgan fingerprint density at radius 2 is 2.00 bits per heavy atom. The summed E-state index contributed by atoms with van der Waals surface area (Å²) >= 11 is 1.28. The Kier molecular flexibility index (Phi) is 5.69. The summed E-state index contributed by atoms with van der Waals surface area (Å²) in [4.78, 5) is 28.6. The summed E-state index contributed by atoms with van der Waals surface area (Å²) in [5, 5.41) is 11.4. The van der Waals surface area contributed by atoms with Crippen LogP contribution in [0, 0.1) is 0 Å². The number of rotatable bonds is 6. The van der Waals surface area contributed by atoms with Gasteiger partial charge in [0, 0.05) is 39.1 Å². The lowest BCUT2D eigenvalue weighted by Crippen LogP contribution is -2.37. The number of aromatic nitrogens is 4. The van der Waals surface area contributed by atoms with Crippen LogP contribution in [-0.2, 0) is 16.6 Å². The van der Waals surface area contributed by atoms with Crippen LogP contribution in [0.5, 0.6) is 0 Å². The first kappa shape index (κ1) is 16.9. The van der Waals surface area contributed by atoms with E-state index in [1.165, 1.54) is 23.7 Å². The third kappa shape index (κ3) is 4.28. The number of nitrogens with zero attached hydrogens (tertiary/aromatic N) is 5. The SMILES string of the molecule is CNC(=O)CN(C)C(=O)CSc1nnc(-c2ccncc2)n1C. The normalized spacial score (nSPS) is 10.4. The van der Waals surface area contributed by atoms with Crippen molar-refractivity contribution in [2.75, 3.05) is 26.4 Å². The van der Waals surface area contributed by atoms with Crippen LogP contribution in [0.1, 0.15) is 0 Å². The lowest BCUT2D eigenvalue weighted by Gasteiger charge is -2.15. The Hall–Kier alpha value is -2.42. The molecule has 0 spiro atoms. The Morgan fingerprint density at radius 3 is 2.65 bits per heavy atom. The number of hydrogen-bond acceptors (Lipinski definition) is 6. The number of amides is 2. The van der Waals surface area contributed by atoms with Gasteiger partial charge in [0.2, 0.25) is 11.8 Å². The zero-order valence-corrected chi connectivity index (χ0v) is 14.0. The zero-order valence-electron chi connectivity index (χ0n) is 13.2. The second-order valence-corrected chi connectivity index (χ2v) is 5.76. The molecular weight excluding hydrogens is 316 g/mol. The molecule has 0 bridgehead atoms. The van der Waals surface area contributed by atoms with E-state index in [9.17, 15) is 9.59 Å². The number of hydrogen-bond donors (Lipinski definition) is 1. The molecular formula is C14H18N6O2S. The van der Waals surface area contributed by atoms with Gasteiger partial charge in [0.15, 0.2) is 11.0 Å². The number of carbonyl (C=O) groups excluding carboxylic acids is 2. The second kappa shape index (κ2) is 7.73. The third-order valence-electron chi connectivity index (χ3n) is 3.18. The first-order valence-electron chi connectivity index (χ1n) is 6.90. The van der Waals surface area contributed by atoms with Crippen molar-refractivity contribution < 1.29 is 9.59 Å². The molecule has 0 aliphatic carbocycles. The topological polar surface area (TPSA) is 93.0 Å². The summed E-state index contributed by atoms with van der Waals surface area (Å²) in [5.74, 6) is 0.549. The molecule has 0 aliphatic heterocycles. The number of likely N-dealkylation sites (N-methyl/N-ethyl adjacent to an activating group) is 2. The second-order valence-electron chi connectivity index (χ2n) is 4.81. The Morgan fingerprint density at radius 1 is 1.30 bits per heavy atom. The maximum Gasteiger partial charge on any atom is 0.239 e. The largest absolute Gasteiger partial charge is 0.358 e. The van der Waals surface area contributed by atoms with Crippen molar-refractivity contribution in [1.29, 1.82) is 0 Å². The molecule has 122 valence electrons. The Bertz CT molecular complexity index is 688. The van der Waals surface area contributed by atoms with Gasteiger partial charge >= 0.3 is 0 Å². The molecule has 2 aromatic heterocycles. The van der Waals surface area contributed by atoms with E-state index in [-0.39, 0.29) is 24.1 Å². The van der Waals surface area contributed by atoms with E-state index in [1.54, 1.807) is 19.4 Å². The van der Waals surface area contributed by atoms with E-state index in [2.05, 4.69) is 20.5 Å². The molecule has 0 fully saturated rings. The number of carbonyl (C=O) groups is 2. The summed E-state index contributed by atoms with van der Waals surface area (Å²) in [6.45, 7) is 0.0387. The van der Waals surface area contributed by atoms with E-state index >= 15 is 0 Å². The highest BCUT2D eigenvalue weighted by Gasteiger charge is 2.16. The van der Waals surface area contributed by atoms with Gasteiger partial charge < -0.3 is 14.8 Å². The van der Waals surface area contributed by atoms with E-state index < -0.39 is 0 Å². The standard InChI is InChI=1S/C14H18N6O2S/c1-15-11(21)8-19(2)12(22)9-23-14-18-17-13(20(14)3)10-4-6-16-7-5-10/h4-7H,8-9H2,1-3H3,(H,15,21). The molecule has 2 heterocycles. The molecule has 0 saturated heterocycles. The molecule has 0 radical (unpaired) electrons. The van der Waals surface area contributed by atoms with Gasteiger partial charge in [-0.25, -0.2) is 0 Å². The van der Waals surface area contributed by atoms with Gasteiger partial charge in [0.1, 0.15) is 0 Å². The minimum atomic E-state index is -0.204. The van der Waals surface area contributed by atoms with Crippen molar-refractivity contribution in [3.8, 4) is 11.4 Å². The monoisotopic (exact) mass is 334 g/mol.